The first-order valence-corrected chi connectivity index (χ1v) is 5.23. The minimum atomic E-state index is -0.332. The lowest BCUT2D eigenvalue weighted by molar-refractivity contribution is 0.0895. The summed E-state index contributed by atoms with van der Waals surface area (Å²) in [5, 5.41) is 0. The number of hydrogen-bond donors (Lipinski definition) is 1. The molecule has 16 heavy (non-hydrogen) atoms. The van der Waals surface area contributed by atoms with Crippen LogP contribution in [0.2, 0.25) is 0 Å². The number of ether oxygens (including phenoxy) is 1. The fourth-order valence-electron chi connectivity index (χ4n) is 1.94. The number of aryl methyl sites for hydroxylation is 1. The van der Waals surface area contributed by atoms with E-state index in [0.29, 0.717) is 24.3 Å². The number of halogens is 1. The molecule has 0 saturated carbocycles. The van der Waals surface area contributed by atoms with Crippen LogP contribution in [-0.2, 0) is 4.74 Å². The molecule has 0 spiro atoms. The fourth-order valence-corrected chi connectivity index (χ4v) is 1.94. The highest BCUT2D eigenvalue weighted by Crippen LogP contribution is 2.20. The van der Waals surface area contributed by atoms with Gasteiger partial charge in [0.2, 0.25) is 0 Å². The second kappa shape index (κ2) is 4.31. The Morgan fingerprint density at radius 1 is 1.50 bits per heavy atom. The van der Waals surface area contributed by atoms with E-state index in [1.165, 1.54) is 18.2 Å². The van der Waals surface area contributed by atoms with E-state index in [1.54, 1.807) is 6.92 Å². The van der Waals surface area contributed by atoms with E-state index in [4.69, 9.17) is 10.5 Å². The Bertz CT molecular complexity index is 419. The van der Waals surface area contributed by atoms with Crippen LogP contribution in [0.3, 0.4) is 0 Å². The topological polar surface area (TPSA) is 52.3 Å². The molecule has 0 amide bonds. The molecule has 1 aliphatic rings. The van der Waals surface area contributed by atoms with Crippen LogP contribution >= 0.6 is 0 Å². The normalized spacial score (nSPS) is 24.7. The maximum absolute atomic E-state index is 12.9. The molecule has 2 atom stereocenters. The van der Waals surface area contributed by atoms with Gasteiger partial charge in [-0.1, -0.05) is 0 Å². The maximum Gasteiger partial charge on any atom is 0.170 e. The highest BCUT2D eigenvalue weighted by Gasteiger charge is 2.32. The first kappa shape index (κ1) is 11.2. The third-order valence-electron chi connectivity index (χ3n) is 2.92. The lowest BCUT2D eigenvalue weighted by Gasteiger charge is -2.13. The zero-order chi connectivity index (χ0) is 11.7. The van der Waals surface area contributed by atoms with Crippen molar-refractivity contribution in [3.05, 3.63) is 35.1 Å². The predicted octanol–water partition coefficient (Wildman–Crippen LogP) is 1.29. The van der Waals surface area contributed by atoms with E-state index in [0.717, 1.165) is 0 Å². The monoisotopic (exact) mass is 223 g/mol. The second-order valence-corrected chi connectivity index (χ2v) is 4.13. The first-order chi connectivity index (χ1) is 7.59. The summed E-state index contributed by atoms with van der Waals surface area (Å²) in [6.45, 7) is 2.49. The van der Waals surface area contributed by atoms with E-state index in [-0.39, 0.29) is 23.6 Å². The quantitative estimate of drug-likeness (QED) is 0.769. The molecule has 0 radical (unpaired) electrons. The van der Waals surface area contributed by atoms with E-state index >= 15 is 0 Å². The molecule has 2 unspecified atom stereocenters. The van der Waals surface area contributed by atoms with Crippen LogP contribution in [0.1, 0.15) is 15.9 Å². The number of hydrogen-bond acceptors (Lipinski definition) is 3. The van der Waals surface area contributed by atoms with Crippen molar-refractivity contribution < 1.29 is 13.9 Å². The number of benzene rings is 1. The van der Waals surface area contributed by atoms with Crippen LogP contribution in [0.5, 0.6) is 0 Å². The fraction of sp³-hybridized carbons (Fsp3) is 0.417. The molecule has 0 bridgehead atoms. The van der Waals surface area contributed by atoms with Gasteiger partial charge in [-0.05, 0) is 30.7 Å². The standard InChI is InChI=1S/C12H14FNO2/c1-7-4-8(13)2-3-9(7)12(15)10-5-16-6-11(10)14/h2-4,10-11H,5-6,14H2,1H3. The minimum Gasteiger partial charge on any atom is -0.379 e. The first-order valence-electron chi connectivity index (χ1n) is 5.23. The van der Waals surface area contributed by atoms with Crippen molar-refractivity contribution in [2.24, 2.45) is 11.7 Å². The zero-order valence-electron chi connectivity index (χ0n) is 9.07. The summed E-state index contributed by atoms with van der Waals surface area (Å²) < 4.78 is 18.1. The van der Waals surface area contributed by atoms with Gasteiger partial charge in [-0.15, -0.1) is 0 Å². The van der Waals surface area contributed by atoms with Gasteiger partial charge in [-0.3, -0.25) is 4.79 Å². The molecule has 1 saturated heterocycles. The zero-order valence-corrected chi connectivity index (χ0v) is 9.07. The van der Waals surface area contributed by atoms with Gasteiger partial charge in [0.05, 0.1) is 19.1 Å². The van der Waals surface area contributed by atoms with Crippen molar-refractivity contribution in [3.63, 3.8) is 0 Å². The molecule has 2 rings (SSSR count). The van der Waals surface area contributed by atoms with E-state index in [1.807, 2.05) is 0 Å². The van der Waals surface area contributed by atoms with Gasteiger partial charge in [0.15, 0.2) is 5.78 Å². The highest BCUT2D eigenvalue weighted by molar-refractivity contribution is 5.99. The average Bonchev–Trinajstić information content (AvgIpc) is 2.63. The number of Topliss-reactive ketones (excluding diaryl/α,β-unsaturated/α-hetero) is 1. The predicted molar refractivity (Wildman–Crippen MR) is 57.8 cm³/mol. The smallest absolute Gasteiger partial charge is 0.170 e. The number of ketones is 1. The van der Waals surface area contributed by atoms with Gasteiger partial charge in [0.1, 0.15) is 5.82 Å². The average molecular weight is 223 g/mol. The SMILES string of the molecule is Cc1cc(F)ccc1C(=O)C1COCC1N. The Balaban J connectivity index is 2.27. The Kier molecular flexibility index (Phi) is 3.03. The van der Waals surface area contributed by atoms with Gasteiger partial charge < -0.3 is 10.5 Å². The number of nitrogens with two attached hydrogens (primary N) is 1. The summed E-state index contributed by atoms with van der Waals surface area (Å²) >= 11 is 0. The molecular weight excluding hydrogens is 209 g/mol. The highest BCUT2D eigenvalue weighted by atomic mass is 19.1. The molecule has 0 aromatic heterocycles. The minimum absolute atomic E-state index is 0.0532. The molecule has 1 aromatic carbocycles. The van der Waals surface area contributed by atoms with Gasteiger partial charge in [0, 0.05) is 11.6 Å². The summed E-state index contributed by atoms with van der Waals surface area (Å²) in [7, 11) is 0. The molecule has 1 aliphatic heterocycles. The molecule has 1 aromatic rings. The second-order valence-electron chi connectivity index (χ2n) is 4.13. The Morgan fingerprint density at radius 2 is 2.25 bits per heavy atom. The Morgan fingerprint density at radius 3 is 2.81 bits per heavy atom. The van der Waals surface area contributed by atoms with Gasteiger partial charge >= 0.3 is 0 Å². The largest absolute Gasteiger partial charge is 0.379 e. The summed E-state index contributed by atoms with van der Waals surface area (Å²) in [6, 6.07) is 3.91. The molecule has 3 nitrogen and oxygen atoms in total. The van der Waals surface area contributed by atoms with E-state index < -0.39 is 0 Å². The van der Waals surface area contributed by atoms with Crippen molar-refractivity contribution >= 4 is 5.78 Å². The van der Waals surface area contributed by atoms with Gasteiger partial charge in [0.25, 0.3) is 0 Å². The van der Waals surface area contributed by atoms with Crippen molar-refractivity contribution in [1.82, 2.24) is 0 Å². The summed E-state index contributed by atoms with van der Waals surface area (Å²) in [5.74, 6) is -0.687. The number of rotatable bonds is 2. The van der Waals surface area contributed by atoms with Crippen LogP contribution in [0.15, 0.2) is 18.2 Å². The van der Waals surface area contributed by atoms with E-state index in [9.17, 15) is 9.18 Å². The van der Waals surface area contributed by atoms with Gasteiger partial charge in [-0.2, -0.15) is 0 Å². The summed E-state index contributed by atoms with van der Waals surface area (Å²) in [5.41, 5.74) is 6.95. The van der Waals surface area contributed by atoms with Crippen molar-refractivity contribution in [2.45, 2.75) is 13.0 Å². The third-order valence-corrected chi connectivity index (χ3v) is 2.92. The van der Waals surface area contributed by atoms with E-state index in [2.05, 4.69) is 0 Å². The van der Waals surface area contributed by atoms with Crippen LogP contribution in [0, 0.1) is 18.7 Å². The molecule has 0 aliphatic carbocycles. The molecular formula is C12H14FNO2. The maximum atomic E-state index is 12.9. The van der Waals surface area contributed by atoms with Crippen molar-refractivity contribution in [3.8, 4) is 0 Å². The van der Waals surface area contributed by atoms with Crippen molar-refractivity contribution in [1.29, 1.82) is 0 Å². The third kappa shape index (κ3) is 1.99. The summed E-state index contributed by atoms with van der Waals surface area (Å²) in [4.78, 5) is 12.1. The molecule has 2 N–H and O–H groups in total. The van der Waals surface area contributed by atoms with Crippen molar-refractivity contribution in [2.75, 3.05) is 13.2 Å². The molecule has 86 valence electrons. The number of carbonyl (C=O) groups excluding carboxylic acids is 1. The molecule has 4 heteroatoms. The lowest BCUT2D eigenvalue weighted by atomic mass is 9.91. The summed E-state index contributed by atoms with van der Waals surface area (Å²) in [6.07, 6.45) is 0. The Labute approximate surface area is 93.4 Å². The number of carbonyl (C=O) groups is 1. The molecule has 1 heterocycles. The van der Waals surface area contributed by atoms with Crippen LogP contribution in [-0.4, -0.2) is 25.0 Å². The van der Waals surface area contributed by atoms with Crippen LogP contribution < -0.4 is 5.73 Å². The molecule has 1 fully saturated rings. The lowest BCUT2D eigenvalue weighted by Crippen LogP contribution is -2.34. The van der Waals surface area contributed by atoms with Crippen LogP contribution in [0.4, 0.5) is 4.39 Å². The van der Waals surface area contributed by atoms with Gasteiger partial charge in [-0.25, -0.2) is 4.39 Å². The Hall–Kier alpha value is -1.26. The van der Waals surface area contributed by atoms with Crippen LogP contribution in [0.25, 0.3) is 0 Å².